The lowest BCUT2D eigenvalue weighted by Gasteiger charge is -2.35. The minimum atomic E-state index is -0.0232. The van der Waals surface area contributed by atoms with Crippen LogP contribution in [-0.2, 0) is 0 Å². The summed E-state index contributed by atoms with van der Waals surface area (Å²) in [6.45, 7) is 4.70. The first-order valence-corrected chi connectivity index (χ1v) is 9.04. The second kappa shape index (κ2) is 7.96. The number of nitriles is 1. The number of likely N-dealkylation sites (tertiary alicyclic amines) is 1. The van der Waals surface area contributed by atoms with Gasteiger partial charge in [-0.15, -0.1) is 0 Å². The van der Waals surface area contributed by atoms with Gasteiger partial charge in [0.2, 0.25) is 0 Å². The zero-order valence-electron chi connectivity index (χ0n) is 15.2. The number of benzene rings is 1. The van der Waals surface area contributed by atoms with Gasteiger partial charge in [0.15, 0.2) is 0 Å². The van der Waals surface area contributed by atoms with Gasteiger partial charge in [0.05, 0.1) is 11.6 Å². The van der Waals surface area contributed by atoms with Crippen molar-refractivity contribution in [2.45, 2.75) is 45.6 Å². The molecule has 1 aromatic heterocycles. The monoisotopic (exact) mass is 349 g/mol. The van der Waals surface area contributed by atoms with Gasteiger partial charge in [0.1, 0.15) is 17.3 Å². The van der Waals surface area contributed by atoms with E-state index < -0.39 is 0 Å². The maximum absolute atomic E-state index is 13.0. The summed E-state index contributed by atoms with van der Waals surface area (Å²) in [6.07, 6.45) is 4.24. The molecule has 0 saturated carbocycles. The van der Waals surface area contributed by atoms with Gasteiger partial charge in [0, 0.05) is 24.3 Å². The molecular weight excluding hydrogens is 326 g/mol. The Labute approximate surface area is 153 Å². The second-order valence-electron chi connectivity index (χ2n) is 6.56. The summed E-state index contributed by atoms with van der Waals surface area (Å²) >= 11 is 0. The highest BCUT2D eigenvalue weighted by molar-refractivity contribution is 5.93. The molecule has 0 radical (unpaired) electrons. The summed E-state index contributed by atoms with van der Waals surface area (Å²) in [6, 6.07) is 11.2. The van der Waals surface area contributed by atoms with E-state index in [0.717, 1.165) is 31.5 Å². The fourth-order valence-electron chi connectivity index (χ4n) is 3.36. The average molecular weight is 349 g/mol. The highest BCUT2D eigenvalue weighted by Crippen LogP contribution is 2.23. The summed E-state index contributed by atoms with van der Waals surface area (Å²) in [5, 5.41) is 12.1. The molecule has 0 aliphatic carbocycles. The zero-order valence-corrected chi connectivity index (χ0v) is 15.2. The Kier molecular flexibility index (Phi) is 5.47. The SMILES string of the molecule is CCC1CCCCN1C(=O)c1cc(Nc2ccc(C#N)cc2)nc(C)n1. The third kappa shape index (κ3) is 3.99. The number of carbonyl (C=O) groups is 1. The molecule has 0 bridgehead atoms. The maximum atomic E-state index is 13.0. The van der Waals surface area contributed by atoms with Gasteiger partial charge < -0.3 is 10.2 Å². The fourth-order valence-corrected chi connectivity index (χ4v) is 3.36. The molecule has 1 saturated heterocycles. The molecule has 1 amide bonds. The number of hydrogen-bond acceptors (Lipinski definition) is 5. The molecule has 2 aromatic rings. The van der Waals surface area contributed by atoms with Gasteiger partial charge in [-0.2, -0.15) is 5.26 Å². The van der Waals surface area contributed by atoms with E-state index in [-0.39, 0.29) is 5.91 Å². The van der Waals surface area contributed by atoms with E-state index in [1.807, 2.05) is 17.0 Å². The van der Waals surface area contributed by atoms with Crippen molar-refractivity contribution < 1.29 is 4.79 Å². The Morgan fingerprint density at radius 2 is 2.08 bits per heavy atom. The van der Waals surface area contributed by atoms with E-state index in [0.29, 0.717) is 28.9 Å². The summed E-state index contributed by atoms with van der Waals surface area (Å²) < 4.78 is 0. The summed E-state index contributed by atoms with van der Waals surface area (Å²) in [4.78, 5) is 23.7. The van der Waals surface area contributed by atoms with Crippen LogP contribution < -0.4 is 5.32 Å². The first kappa shape index (κ1) is 17.9. The Balaban J connectivity index is 1.82. The Morgan fingerprint density at radius 3 is 2.77 bits per heavy atom. The standard InChI is InChI=1S/C20H23N5O/c1-3-17-6-4-5-11-25(17)20(26)18-12-19(23-14(2)22-18)24-16-9-7-15(13-21)8-10-16/h7-10,12,17H,3-6,11H2,1-2H3,(H,22,23,24). The van der Waals surface area contributed by atoms with Crippen LogP contribution >= 0.6 is 0 Å². The van der Waals surface area contributed by atoms with Crippen molar-refractivity contribution in [3.63, 3.8) is 0 Å². The van der Waals surface area contributed by atoms with Crippen LogP contribution in [-0.4, -0.2) is 33.4 Å². The lowest BCUT2D eigenvalue weighted by atomic mass is 9.99. The smallest absolute Gasteiger partial charge is 0.272 e. The van der Waals surface area contributed by atoms with Gasteiger partial charge in [-0.1, -0.05) is 6.92 Å². The first-order valence-electron chi connectivity index (χ1n) is 9.04. The normalized spacial score (nSPS) is 16.8. The van der Waals surface area contributed by atoms with E-state index >= 15 is 0 Å². The van der Waals surface area contributed by atoms with Crippen molar-refractivity contribution in [3.8, 4) is 6.07 Å². The van der Waals surface area contributed by atoms with Crippen LogP contribution in [0.15, 0.2) is 30.3 Å². The van der Waals surface area contributed by atoms with Crippen molar-refractivity contribution in [1.82, 2.24) is 14.9 Å². The average Bonchev–Trinajstić information content (AvgIpc) is 2.67. The second-order valence-corrected chi connectivity index (χ2v) is 6.56. The number of amides is 1. The molecule has 1 unspecified atom stereocenters. The Morgan fingerprint density at radius 1 is 1.31 bits per heavy atom. The number of nitrogens with zero attached hydrogens (tertiary/aromatic N) is 4. The third-order valence-electron chi connectivity index (χ3n) is 4.70. The van der Waals surface area contributed by atoms with Crippen molar-refractivity contribution in [1.29, 1.82) is 5.26 Å². The summed E-state index contributed by atoms with van der Waals surface area (Å²) in [7, 11) is 0. The molecule has 1 aliphatic rings. The van der Waals surface area contributed by atoms with Crippen molar-refractivity contribution in [3.05, 3.63) is 47.4 Å². The molecule has 1 N–H and O–H groups in total. The van der Waals surface area contributed by atoms with Crippen LogP contribution in [0.4, 0.5) is 11.5 Å². The number of piperidine rings is 1. The van der Waals surface area contributed by atoms with Crippen molar-refractivity contribution >= 4 is 17.4 Å². The molecule has 26 heavy (non-hydrogen) atoms. The minimum Gasteiger partial charge on any atom is -0.340 e. The largest absolute Gasteiger partial charge is 0.340 e. The number of aromatic nitrogens is 2. The quantitative estimate of drug-likeness (QED) is 0.908. The van der Waals surface area contributed by atoms with Gasteiger partial charge in [0.25, 0.3) is 5.91 Å². The van der Waals surface area contributed by atoms with Crippen LogP contribution in [0.25, 0.3) is 0 Å². The lowest BCUT2D eigenvalue weighted by molar-refractivity contribution is 0.0601. The molecule has 1 fully saturated rings. The molecule has 1 aliphatic heterocycles. The number of anilines is 2. The van der Waals surface area contributed by atoms with Crippen LogP contribution in [0.2, 0.25) is 0 Å². The van der Waals surface area contributed by atoms with Gasteiger partial charge >= 0.3 is 0 Å². The van der Waals surface area contributed by atoms with Crippen molar-refractivity contribution in [2.75, 3.05) is 11.9 Å². The first-order chi connectivity index (χ1) is 12.6. The van der Waals surface area contributed by atoms with E-state index in [9.17, 15) is 4.79 Å². The Hall–Kier alpha value is -2.94. The van der Waals surface area contributed by atoms with E-state index in [1.165, 1.54) is 6.42 Å². The molecule has 1 atom stereocenters. The maximum Gasteiger partial charge on any atom is 0.272 e. The fraction of sp³-hybridized carbons (Fsp3) is 0.400. The Bertz CT molecular complexity index is 825. The predicted molar refractivity (Wildman–Crippen MR) is 100 cm³/mol. The lowest BCUT2D eigenvalue weighted by Crippen LogP contribution is -2.43. The molecule has 134 valence electrons. The van der Waals surface area contributed by atoms with E-state index in [2.05, 4.69) is 28.3 Å². The van der Waals surface area contributed by atoms with Gasteiger partial charge in [-0.05, 0) is 56.9 Å². The topological polar surface area (TPSA) is 81.9 Å². The molecular formula is C20H23N5O. The van der Waals surface area contributed by atoms with Crippen LogP contribution in [0.1, 0.15) is 54.5 Å². The number of rotatable bonds is 4. The summed E-state index contributed by atoms with van der Waals surface area (Å²) in [5.74, 6) is 1.11. The molecule has 3 rings (SSSR count). The summed E-state index contributed by atoms with van der Waals surface area (Å²) in [5.41, 5.74) is 1.83. The molecule has 0 spiro atoms. The molecule has 6 nitrogen and oxygen atoms in total. The zero-order chi connectivity index (χ0) is 18.5. The van der Waals surface area contributed by atoms with Gasteiger partial charge in [-0.25, -0.2) is 9.97 Å². The van der Waals surface area contributed by atoms with E-state index in [1.54, 1.807) is 25.1 Å². The minimum absolute atomic E-state index is 0.0232. The number of carbonyl (C=O) groups excluding carboxylic acids is 1. The molecule has 2 heterocycles. The van der Waals surface area contributed by atoms with Crippen molar-refractivity contribution in [2.24, 2.45) is 0 Å². The number of hydrogen-bond donors (Lipinski definition) is 1. The van der Waals surface area contributed by atoms with Crippen LogP contribution in [0, 0.1) is 18.3 Å². The highest BCUT2D eigenvalue weighted by Gasteiger charge is 2.27. The number of nitrogens with one attached hydrogen (secondary N) is 1. The number of aryl methyl sites for hydroxylation is 1. The van der Waals surface area contributed by atoms with Crippen LogP contribution in [0.5, 0.6) is 0 Å². The predicted octanol–water partition coefficient (Wildman–Crippen LogP) is 3.81. The molecule has 6 heteroatoms. The van der Waals surface area contributed by atoms with Crippen LogP contribution in [0.3, 0.4) is 0 Å². The van der Waals surface area contributed by atoms with Gasteiger partial charge in [-0.3, -0.25) is 4.79 Å². The molecule has 1 aromatic carbocycles. The third-order valence-corrected chi connectivity index (χ3v) is 4.70. The van der Waals surface area contributed by atoms with E-state index in [4.69, 9.17) is 5.26 Å². The highest BCUT2D eigenvalue weighted by atomic mass is 16.2.